The molecule has 1 rings (SSSR count). The third kappa shape index (κ3) is 3.98. The number of pyridine rings is 1. The van der Waals surface area contributed by atoms with Gasteiger partial charge < -0.3 is 9.84 Å². The second kappa shape index (κ2) is 6.23. The molecule has 0 aliphatic carbocycles. The first kappa shape index (κ1) is 12.6. The lowest BCUT2D eigenvalue weighted by atomic mass is 10.1. The molecule has 0 saturated heterocycles. The molecule has 0 aliphatic rings. The maximum atomic E-state index is 10.8. The zero-order chi connectivity index (χ0) is 12.0. The van der Waals surface area contributed by atoms with Crippen molar-refractivity contribution in [3.05, 3.63) is 29.6 Å². The van der Waals surface area contributed by atoms with Crippen LogP contribution in [0.15, 0.2) is 18.3 Å². The van der Waals surface area contributed by atoms with Gasteiger partial charge in [0.2, 0.25) is 0 Å². The van der Waals surface area contributed by atoms with E-state index in [1.165, 1.54) is 6.20 Å². The van der Waals surface area contributed by atoms with Gasteiger partial charge in [-0.3, -0.25) is 0 Å². The molecule has 16 heavy (non-hydrogen) atoms. The van der Waals surface area contributed by atoms with Gasteiger partial charge in [0, 0.05) is 18.4 Å². The molecule has 1 aromatic heterocycles. The number of ether oxygens (including phenoxy) is 1. The highest BCUT2D eigenvalue weighted by Gasteiger charge is 2.10. The highest BCUT2D eigenvalue weighted by Crippen LogP contribution is 2.08. The van der Waals surface area contributed by atoms with Crippen molar-refractivity contribution in [1.82, 2.24) is 4.98 Å². The monoisotopic (exact) mass is 223 g/mol. The summed E-state index contributed by atoms with van der Waals surface area (Å²) in [6, 6.07) is 3.44. The van der Waals surface area contributed by atoms with Crippen LogP contribution in [0, 0.1) is 5.92 Å². The van der Waals surface area contributed by atoms with Gasteiger partial charge in [0.05, 0.1) is 6.61 Å². The Morgan fingerprint density at radius 3 is 2.94 bits per heavy atom. The summed E-state index contributed by atoms with van der Waals surface area (Å²) >= 11 is 0. The Labute approximate surface area is 95.3 Å². The molecule has 0 amide bonds. The van der Waals surface area contributed by atoms with Gasteiger partial charge in [0.15, 0.2) is 5.69 Å². The van der Waals surface area contributed by atoms with E-state index in [4.69, 9.17) is 9.84 Å². The number of aromatic nitrogens is 1. The standard InChI is InChI=1S/C12H17NO3/c1-9(2)5-7-16-8-10-4-3-6-13-11(10)12(14)15/h3-4,6,9H,5,7-8H2,1-2H3,(H,14,15). The van der Waals surface area contributed by atoms with Crippen LogP contribution in [0.3, 0.4) is 0 Å². The summed E-state index contributed by atoms with van der Waals surface area (Å²) in [5.41, 5.74) is 0.700. The van der Waals surface area contributed by atoms with E-state index in [1.807, 2.05) is 0 Å². The molecule has 0 spiro atoms. The first-order valence-electron chi connectivity index (χ1n) is 5.36. The van der Waals surface area contributed by atoms with Gasteiger partial charge in [-0.05, 0) is 18.4 Å². The van der Waals surface area contributed by atoms with E-state index in [-0.39, 0.29) is 5.69 Å². The SMILES string of the molecule is CC(C)CCOCc1cccnc1C(=O)O. The molecule has 0 unspecified atom stereocenters. The van der Waals surface area contributed by atoms with Crippen molar-refractivity contribution < 1.29 is 14.6 Å². The molecule has 0 atom stereocenters. The number of hydrogen-bond donors (Lipinski definition) is 1. The number of carboxylic acid groups (broad SMARTS) is 1. The zero-order valence-corrected chi connectivity index (χ0v) is 9.64. The van der Waals surface area contributed by atoms with Crippen molar-refractivity contribution >= 4 is 5.97 Å². The van der Waals surface area contributed by atoms with Gasteiger partial charge in [0.25, 0.3) is 0 Å². The fraction of sp³-hybridized carbons (Fsp3) is 0.500. The van der Waals surface area contributed by atoms with Gasteiger partial charge in [0.1, 0.15) is 0 Å². The van der Waals surface area contributed by atoms with Gasteiger partial charge >= 0.3 is 5.97 Å². The second-order valence-electron chi connectivity index (χ2n) is 4.05. The quantitative estimate of drug-likeness (QED) is 0.752. The smallest absolute Gasteiger partial charge is 0.354 e. The molecule has 1 N–H and O–H groups in total. The number of nitrogens with zero attached hydrogens (tertiary/aromatic N) is 1. The summed E-state index contributed by atoms with van der Waals surface area (Å²) in [6.45, 7) is 5.19. The van der Waals surface area contributed by atoms with Crippen LogP contribution in [-0.4, -0.2) is 22.7 Å². The molecule has 0 radical (unpaired) electrons. The third-order valence-electron chi connectivity index (χ3n) is 2.19. The van der Waals surface area contributed by atoms with Crippen LogP contribution in [0.2, 0.25) is 0 Å². The van der Waals surface area contributed by atoms with Gasteiger partial charge in [-0.15, -0.1) is 0 Å². The maximum absolute atomic E-state index is 10.8. The first-order valence-corrected chi connectivity index (χ1v) is 5.36. The molecule has 4 heteroatoms. The number of aromatic carboxylic acids is 1. The molecular weight excluding hydrogens is 206 g/mol. The molecule has 1 aromatic rings. The molecule has 1 heterocycles. The summed E-state index contributed by atoms with van der Waals surface area (Å²) in [5.74, 6) is -0.420. The van der Waals surface area contributed by atoms with Crippen molar-refractivity contribution in [3.8, 4) is 0 Å². The lowest BCUT2D eigenvalue weighted by molar-refractivity contribution is 0.0678. The molecule has 0 aliphatic heterocycles. The van der Waals surface area contributed by atoms with Gasteiger partial charge in [-0.2, -0.15) is 0 Å². The van der Waals surface area contributed by atoms with Crippen molar-refractivity contribution in [2.24, 2.45) is 5.92 Å². The first-order chi connectivity index (χ1) is 7.61. The molecule has 88 valence electrons. The third-order valence-corrected chi connectivity index (χ3v) is 2.19. The van der Waals surface area contributed by atoms with E-state index in [2.05, 4.69) is 18.8 Å². The molecule has 0 saturated carbocycles. The van der Waals surface area contributed by atoms with E-state index in [9.17, 15) is 4.79 Å². The highest BCUT2D eigenvalue weighted by molar-refractivity contribution is 5.86. The summed E-state index contributed by atoms with van der Waals surface area (Å²) in [7, 11) is 0. The summed E-state index contributed by atoms with van der Waals surface area (Å²) in [6.07, 6.45) is 2.45. The zero-order valence-electron chi connectivity index (χ0n) is 9.64. The van der Waals surface area contributed by atoms with Crippen LogP contribution in [-0.2, 0) is 11.3 Å². The van der Waals surface area contributed by atoms with Crippen molar-refractivity contribution in [2.75, 3.05) is 6.61 Å². The van der Waals surface area contributed by atoms with Crippen LogP contribution in [0.25, 0.3) is 0 Å². The molecule has 0 aromatic carbocycles. The van der Waals surface area contributed by atoms with Crippen LogP contribution in [0.5, 0.6) is 0 Å². The average Bonchev–Trinajstić information content (AvgIpc) is 2.24. The molecular formula is C12H17NO3. The second-order valence-corrected chi connectivity index (χ2v) is 4.05. The van der Waals surface area contributed by atoms with Crippen LogP contribution in [0.1, 0.15) is 36.3 Å². The minimum absolute atomic E-state index is 0.0760. The Morgan fingerprint density at radius 1 is 1.56 bits per heavy atom. The van der Waals surface area contributed by atoms with Crippen LogP contribution in [0.4, 0.5) is 0 Å². The van der Waals surface area contributed by atoms with Crippen molar-refractivity contribution in [3.63, 3.8) is 0 Å². The molecule has 0 fully saturated rings. The van der Waals surface area contributed by atoms with Gasteiger partial charge in [-0.25, -0.2) is 9.78 Å². The summed E-state index contributed by atoms with van der Waals surface area (Å²) in [5, 5.41) is 8.89. The predicted octanol–water partition coefficient (Wildman–Crippen LogP) is 2.34. The Kier molecular flexibility index (Phi) is 4.92. The van der Waals surface area contributed by atoms with Crippen molar-refractivity contribution in [1.29, 1.82) is 0 Å². The Morgan fingerprint density at radius 2 is 2.31 bits per heavy atom. The number of carboxylic acids is 1. The topological polar surface area (TPSA) is 59.4 Å². The number of hydrogen-bond acceptors (Lipinski definition) is 3. The van der Waals surface area contributed by atoms with Crippen LogP contribution < -0.4 is 0 Å². The predicted molar refractivity (Wildman–Crippen MR) is 60.3 cm³/mol. The Hall–Kier alpha value is -1.42. The maximum Gasteiger partial charge on any atom is 0.354 e. The Balaban J connectivity index is 2.50. The van der Waals surface area contributed by atoms with E-state index < -0.39 is 5.97 Å². The summed E-state index contributed by atoms with van der Waals surface area (Å²) in [4.78, 5) is 14.7. The highest BCUT2D eigenvalue weighted by atomic mass is 16.5. The largest absolute Gasteiger partial charge is 0.477 e. The number of rotatable bonds is 6. The van der Waals surface area contributed by atoms with Gasteiger partial charge in [-0.1, -0.05) is 19.9 Å². The normalized spacial score (nSPS) is 10.7. The minimum Gasteiger partial charge on any atom is -0.477 e. The fourth-order valence-electron chi connectivity index (χ4n) is 1.25. The summed E-state index contributed by atoms with van der Waals surface area (Å²) < 4.78 is 5.42. The van der Waals surface area contributed by atoms with Crippen LogP contribution >= 0.6 is 0 Å². The minimum atomic E-state index is -1.01. The molecule has 0 bridgehead atoms. The van der Waals surface area contributed by atoms with E-state index in [0.29, 0.717) is 24.7 Å². The fourth-order valence-corrected chi connectivity index (χ4v) is 1.25. The van der Waals surface area contributed by atoms with E-state index in [0.717, 1.165) is 6.42 Å². The van der Waals surface area contributed by atoms with Crippen molar-refractivity contribution in [2.45, 2.75) is 26.9 Å². The lowest BCUT2D eigenvalue weighted by Gasteiger charge is -2.07. The Bertz CT molecular complexity index is 350. The average molecular weight is 223 g/mol. The van der Waals surface area contributed by atoms with E-state index in [1.54, 1.807) is 12.1 Å². The number of carbonyl (C=O) groups is 1. The lowest BCUT2D eigenvalue weighted by Crippen LogP contribution is -2.07. The van der Waals surface area contributed by atoms with E-state index >= 15 is 0 Å². The molecule has 4 nitrogen and oxygen atoms in total.